The number of nitrogens with zero attached hydrogens (tertiary/aromatic N) is 2. The van der Waals surface area contributed by atoms with Gasteiger partial charge in [0.1, 0.15) is 0 Å². The number of carbonyl (C=O) groups excluding carboxylic acids is 1. The van der Waals surface area contributed by atoms with Crippen molar-refractivity contribution in [1.82, 2.24) is 14.9 Å². The second-order valence-corrected chi connectivity index (χ2v) is 8.46. The predicted octanol–water partition coefficient (Wildman–Crippen LogP) is 5.65. The summed E-state index contributed by atoms with van der Waals surface area (Å²) in [6.07, 6.45) is 10.6. The van der Waals surface area contributed by atoms with E-state index in [-0.39, 0.29) is 5.91 Å². The minimum absolute atomic E-state index is 0.0322. The number of carbonyl (C=O) groups is 1. The highest BCUT2D eigenvalue weighted by atomic mass is 32.1. The summed E-state index contributed by atoms with van der Waals surface area (Å²) in [7, 11) is 0. The van der Waals surface area contributed by atoms with Gasteiger partial charge in [0.2, 0.25) is 0 Å². The van der Waals surface area contributed by atoms with Crippen molar-refractivity contribution in [2.45, 2.75) is 72.3 Å². The summed E-state index contributed by atoms with van der Waals surface area (Å²) >= 11 is 1.66. The van der Waals surface area contributed by atoms with E-state index in [0.717, 1.165) is 60.0 Å². The topological polar surface area (TPSA) is 46.9 Å². The standard InChI is InChI=1S/C22H31N3OS/c1-4-5-12-23-22(26)19-14-21(20-15-27-17(3)24-20)25(16(19)2)13-11-18-9-7-6-8-10-18/h9,14-15H,4-8,10-13H2,1-3H3,(H,23,26). The van der Waals surface area contributed by atoms with Gasteiger partial charge in [0.25, 0.3) is 5.91 Å². The molecule has 0 fully saturated rings. The zero-order chi connectivity index (χ0) is 19.2. The molecule has 1 N–H and O–H groups in total. The molecule has 0 spiro atoms. The number of rotatable bonds is 8. The van der Waals surface area contributed by atoms with Crippen LogP contribution in [-0.2, 0) is 6.54 Å². The van der Waals surface area contributed by atoms with E-state index in [1.54, 1.807) is 16.9 Å². The van der Waals surface area contributed by atoms with Crippen molar-refractivity contribution in [2.75, 3.05) is 6.54 Å². The molecule has 146 valence electrons. The molecule has 0 unspecified atom stereocenters. The molecule has 2 aromatic heterocycles. The average Bonchev–Trinajstić information content (AvgIpc) is 3.24. The van der Waals surface area contributed by atoms with Crippen LogP contribution in [0.3, 0.4) is 0 Å². The summed E-state index contributed by atoms with van der Waals surface area (Å²) in [5.41, 5.74) is 5.42. The first kappa shape index (κ1) is 19.9. The summed E-state index contributed by atoms with van der Waals surface area (Å²) in [4.78, 5) is 17.4. The number of amides is 1. The molecule has 2 heterocycles. The molecule has 0 radical (unpaired) electrons. The van der Waals surface area contributed by atoms with Crippen molar-refractivity contribution in [3.63, 3.8) is 0 Å². The van der Waals surface area contributed by atoms with Crippen molar-refractivity contribution < 1.29 is 4.79 Å². The van der Waals surface area contributed by atoms with Crippen LogP contribution in [0.4, 0.5) is 0 Å². The zero-order valence-electron chi connectivity index (χ0n) is 16.8. The monoisotopic (exact) mass is 385 g/mol. The van der Waals surface area contributed by atoms with Gasteiger partial charge < -0.3 is 9.88 Å². The maximum Gasteiger partial charge on any atom is 0.253 e. The lowest BCUT2D eigenvalue weighted by atomic mass is 9.97. The van der Waals surface area contributed by atoms with Crippen LogP contribution in [0.25, 0.3) is 11.4 Å². The van der Waals surface area contributed by atoms with Crippen LogP contribution in [-0.4, -0.2) is 22.0 Å². The van der Waals surface area contributed by atoms with E-state index in [0.29, 0.717) is 0 Å². The van der Waals surface area contributed by atoms with E-state index < -0.39 is 0 Å². The van der Waals surface area contributed by atoms with Gasteiger partial charge in [-0.1, -0.05) is 25.0 Å². The minimum atomic E-state index is 0.0322. The van der Waals surface area contributed by atoms with Gasteiger partial charge >= 0.3 is 0 Å². The maximum absolute atomic E-state index is 12.7. The number of hydrogen-bond donors (Lipinski definition) is 1. The SMILES string of the molecule is CCCCNC(=O)c1cc(-c2csc(C)n2)n(CCC2=CCCCC2)c1C. The van der Waals surface area contributed by atoms with Crippen LogP contribution in [0.5, 0.6) is 0 Å². The Kier molecular flexibility index (Phi) is 6.89. The number of thiazole rings is 1. The normalized spacial score (nSPS) is 14.3. The zero-order valence-corrected chi connectivity index (χ0v) is 17.6. The first-order chi connectivity index (χ1) is 13.1. The Morgan fingerprint density at radius 3 is 2.85 bits per heavy atom. The van der Waals surface area contributed by atoms with E-state index in [1.807, 2.05) is 13.0 Å². The van der Waals surface area contributed by atoms with Crippen molar-refractivity contribution in [3.05, 3.63) is 39.4 Å². The van der Waals surface area contributed by atoms with Crippen molar-refractivity contribution in [2.24, 2.45) is 0 Å². The Balaban J connectivity index is 1.86. The fourth-order valence-corrected chi connectivity index (χ4v) is 4.32. The largest absolute Gasteiger partial charge is 0.352 e. The molecule has 1 aliphatic carbocycles. The summed E-state index contributed by atoms with van der Waals surface area (Å²) in [6, 6.07) is 2.03. The number of allylic oxidation sites excluding steroid dienone is 2. The molecule has 27 heavy (non-hydrogen) atoms. The smallest absolute Gasteiger partial charge is 0.253 e. The van der Waals surface area contributed by atoms with E-state index >= 15 is 0 Å². The van der Waals surface area contributed by atoms with E-state index in [2.05, 4.69) is 40.2 Å². The lowest BCUT2D eigenvalue weighted by Crippen LogP contribution is -2.24. The fraction of sp³-hybridized carbons (Fsp3) is 0.545. The molecule has 0 aliphatic heterocycles. The Hall–Kier alpha value is -1.88. The van der Waals surface area contributed by atoms with Crippen molar-refractivity contribution in [3.8, 4) is 11.4 Å². The second-order valence-electron chi connectivity index (χ2n) is 7.40. The number of unbranched alkanes of at least 4 members (excludes halogenated alkanes) is 1. The lowest BCUT2D eigenvalue weighted by Gasteiger charge is -2.15. The summed E-state index contributed by atoms with van der Waals surface area (Å²) in [5, 5.41) is 6.21. The van der Waals surface area contributed by atoms with Crippen LogP contribution < -0.4 is 5.32 Å². The highest BCUT2D eigenvalue weighted by molar-refractivity contribution is 7.09. The number of aromatic nitrogens is 2. The van der Waals surface area contributed by atoms with Crippen LogP contribution in [0, 0.1) is 13.8 Å². The summed E-state index contributed by atoms with van der Waals surface area (Å²) in [5.74, 6) is 0.0322. The number of hydrogen-bond acceptors (Lipinski definition) is 3. The molecular formula is C22H31N3OS. The Bertz CT molecular complexity index is 816. The highest BCUT2D eigenvalue weighted by Crippen LogP contribution is 2.29. The van der Waals surface area contributed by atoms with E-state index in [4.69, 9.17) is 0 Å². The quantitative estimate of drug-likeness (QED) is 0.471. The molecule has 5 heteroatoms. The van der Waals surface area contributed by atoms with Gasteiger partial charge in [-0.05, 0) is 58.4 Å². The van der Waals surface area contributed by atoms with Gasteiger partial charge in [0.05, 0.1) is 22.0 Å². The highest BCUT2D eigenvalue weighted by Gasteiger charge is 2.20. The van der Waals surface area contributed by atoms with Gasteiger partial charge in [-0.2, -0.15) is 0 Å². The first-order valence-corrected chi connectivity index (χ1v) is 11.1. The molecule has 0 saturated heterocycles. The number of aryl methyl sites for hydroxylation is 1. The summed E-state index contributed by atoms with van der Waals surface area (Å²) < 4.78 is 2.29. The third kappa shape index (κ3) is 4.89. The van der Waals surface area contributed by atoms with Crippen LogP contribution in [0.15, 0.2) is 23.1 Å². The first-order valence-electron chi connectivity index (χ1n) is 10.2. The van der Waals surface area contributed by atoms with Crippen LogP contribution in [0.1, 0.15) is 72.9 Å². The molecule has 4 nitrogen and oxygen atoms in total. The molecule has 3 rings (SSSR count). The molecule has 0 aromatic carbocycles. The third-order valence-corrected chi connectivity index (χ3v) is 6.12. The van der Waals surface area contributed by atoms with Crippen LogP contribution in [0.2, 0.25) is 0 Å². The Labute approximate surface area is 166 Å². The van der Waals surface area contributed by atoms with Crippen LogP contribution >= 0.6 is 11.3 Å². The Morgan fingerprint density at radius 2 is 2.19 bits per heavy atom. The molecule has 1 aliphatic rings. The predicted molar refractivity (Wildman–Crippen MR) is 113 cm³/mol. The molecule has 1 amide bonds. The van der Waals surface area contributed by atoms with Crippen molar-refractivity contribution >= 4 is 17.2 Å². The average molecular weight is 386 g/mol. The van der Waals surface area contributed by atoms with E-state index in [1.165, 1.54) is 25.7 Å². The maximum atomic E-state index is 12.7. The fourth-order valence-electron chi connectivity index (χ4n) is 3.72. The van der Waals surface area contributed by atoms with Gasteiger partial charge in [-0.15, -0.1) is 11.3 Å². The van der Waals surface area contributed by atoms with Gasteiger partial charge in [0.15, 0.2) is 0 Å². The van der Waals surface area contributed by atoms with Gasteiger partial charge in [-0.3, -0.25) is 4.79 Å². The molecule has 0 bridgehead atoms. The lowest BCUT2D eigenvalue weighted by molar-refractivity contribution is 0.0952. The molecular weight excluding hydrogens is 354 g/mol. The van der Waals surface area contributed by atoms with Crippen molar-refractivity contribution in [1.29, 1.82) is 0 Å². The molecule has 0 atom stereocenters. The molecule has 2 aromatic rings. The number of nitrogens with one attached hydrogen (secondary N) is 1. The van der Waals surface area contributed by atoms with E-state index in [9.17, 15) is 4.79 Å². The minimum Gasteiger partial charge on any atom is -0.352 e. The second kappa shape index (κ2) is 9.36. The Morgan fingerprint density at radius 1 is 1.33 bits per heavy atom. The van der Waals surface area contributed by atoms with Gasteiger partial charge in [0, 0.05) is 24.2 Å². The summed E-state index contributed by atoms with van der Waals surface area (Å²) in [6.45, 7) is 7.87. The molecule has 0 saturated carbocycles. The third-order valence-electron chi connectivity index (χ3n) is 5.35. The van der Waals surface area contributed by atoms with Gasteiger partial charge in [-0.25, -0.2) is 4.98 Å².